The Balaban J connectivity index is 2.57. The van der Waals surface area contributed by atoms with Crippen LogP contribution in [0.25, 0.3) is 0 Å². The molecule has 0 aliphatic carbocycles. The molecule has 1 atom stereocenters. The molecule has 0 fully saturated rings. The van der Waals surface area contributed by atoms with Crippen molar-refractivity contribution in [2.24, 2.45) is 0 Å². The van der Waals surface area contributed by atoms with Crippen molar-refractivity contribution in [1.82, 2.24) is 5.32 Å². The maximum absolute atomic E-state index is 14.2. The highest BCUT2D eigenvalue weighted by atomic mass is 79.9. The van der Waals surface area contributed by atoms with E-state index in [1.807, 2.05) is 13.0 Å². The number of hydrogen-bond acceptors (Lipinski definition) is 2. The molecule has 0 amide bonds. The Morgan fingerprint density at radius 1 is 1.21 bits per heavy atom. The van der Waals surface area contributed by atoms with Crippen molar-refractivity contribution in [3.63, 3.8) is 0 Å². The first-order valence-corrected chi connectivity index (χ1v) is 7.44. The smallest absolute Gasteiger partial charge is 0.134 e. The summed E-state index contributed by atoms with van der Waals surface area (Å²) >= 11 is 4.93. The van der Waals surface area contributed by atoms with Crippen LogP contribution in [0.15, 0.2) is 22.0 Å². The van der Waals surface area contributed by atoms with Gasteiger partial charge in [-0.2, -0.15) is 0 Å². The topological polar surface area (TPSA) is 12.0 Å². The van der Waals surface area contributed by atoms with Gasteiger partial charge >= 0.3 is 0 Å². The molecule has 1 N–H and O–H groups in total. The predicted molar refractivity (Wildman–Crippen MR) is 78.8 cm³/mol. The monoisotopic (exact) mass is 345 g/mol. The molecule has 1 aromatic carbocycles. The van der Waals surface area contributed by atoms with Crippen LogP contribution in [0.2, 0.25) is 0 Å². The minimum Gasteiger partial charge on any atom is -0.308 e. The number of hydrogen-bond donors (Lipinski definition) is 1. The molecule has 0 bridgehead atoms. The lowest BCUT2D eigenvalue weighted by Crippen LogP contribution is -2.20. The van der Waals surface area contributed by atoms with Gasteiger partial charge in [-0.1, -0.05) is 6.07 Å². The van der Waals surface area contributed by atoms with E-state index < -0.39 is 17.7 Å². The second kappa shape index (κ2) is 5.69. The summed E-state index contributed by atoms with van der Waals surface area (Å²) in [5, 5.41) is 2.99. The first kappa shape index (κ1) is 14.6. The standard InChI is InChI=1S/C14H14BrF2NS/c1-7-4-5-9(16)11(12(7)17)13(18-3)10-6-8(2)14(15)19-10/h4-6,13,18H,1-3H3. The lowest BCUT2D eigenvalue weighted by atomic mass is 10.0. The van der Waals surface area contributed by atoms with Crippen LogP contribution in [0.1, 0.15) is 27.6 Å². The molecule has 0 aliphatic rings. The van der Waals surface area contributed by atoms with Crippen molar-refractivity contribution in [3.8, 4) is 0 Å². The maximum atomic E-state index is 14.2. The molecule has 0 spiro atoms. The summed E-state index contributed by atoms with van der Waals surface area (Å²) in [6.07, 6.45) is 0. The summed E-state index contributed by atoms with van der Waals surface area (Å²) in [5.41, 5.74) is 1.59. The van der Waals surface area contributed by atoms with Crippen LogP contribution >= 0.6 is 27.3 Å². The van der Waals surface area contributed by atoms with Crippen LogP contribution in [0.5, 0.6) is 0 Å². The average molecular weight is 346 g/mol. The van der Waals surface area contributed by atoms with Gasteiger partial charge in [0, 0.05) is 10.4 Å². The molecule has 19 heavy (non-hydrogen) atoms. The number of halogens is 3. The highest BCUT2D eigenvalue weighted by Gasteiger charge is 2.23. The molecule has 1 nitrogen and oxygen atoms in total. The minimum absolute atomic E-state index is 0.0799. The van der Waals surface area contributed by atoms with Crippen LogP contribution in [0, 0.1) is 25.5 Å². The Morgan fingerprint density at radius 3 is 2.42 bits per heavy atom. The molecule has 102 valence electrons. The quantitative estimate of drug-likeness (QED) is 0.848. The van der Waals surface area contributed by atoms with Gasteiger partial charge in [-0.15, -0.1) is 11.3 Å². The normalized spacial score (nSPS) is 12.7. The summed E-state index contributed by atoms with van der Waals surface area (Å²) in [6.45, 7) is 3.60. The molecule has 0 saturated heterocycles. The van der Waals surface area contributed by atoms with E-state index in [-0.39, 0.29) is 5.56 Å². The third kappa shape index (κ3) is 2.73. The average Bonchev–Trinajstić information content (AvgIpc) is 2.70. The number of nitrogens with one attached hydrogen (secondary N) is 1. The highest BCUT2D eigenvalue weighted by molar-refractivity contribution is 9.11. The van der Waals surface area contributed by atoms with E-state index in [0.717, 1.165) is 14.2 Å². The summed E-state index contributed by atoms with van der Waals surface area (Å²) < 4.78 is 29.2. The lowest BCUT2D eigenvalue weighted by Gasteiger charge is -2.17. The maximum Gasteiger partial charge on any atom is 0.134 e. The first-order valence-electron chi connectivity index (χ1n) is 5.83. The summed E-state index contributed by atoms with van der Waals surface area (Å²) in [6, 6.07) is 4.23. The Bertz CT molecular complexity index is 590. The second-order valence-electron chi connectivity index (χ2n) is 4.42. The SMILES string of the molecule is CNC(c1cc(C)c(Br)s1)c1c(F)ccc(C)c1F. The van der Waals surface area contributed by atoms with Gasteiger partial charge in [0.2, 0.25) is 0 Å². The number of rotatable bonds is 3. The predicted octanol–water partition coefficient (Wildman–Crippen LogP) is 4.71. The number of aryl methyl sites for hydroxylation is 2. The van der Waals surface area contributed by atoms with Crippen molar-refractivity contribution < 1.29 is 8.78 Å². The van der Waals surface area contributed by atoms with Gasteiger partial charge in [-0.05, 0) is 60.1 Å². The van der Waals surface area contributed by atoms with Crippen molar-refractivity contribution in [2.45, 2.75) is 19.9 Å². The Morgan fingerprint density at radius 2 is 1.89 bits per heavy atom. The van der Waals surface area contributed by atoms with Crippen LogP contribution < -0.4 is 5.32 Å². The van der Waals surface area contributed by atoms with Crippen LogP contribution in [0.4, 0.5) is 8.78 Å². The van der Waals surface area contributed by atoms with Gasteiger partial charge < -0.3 is 5.32 Å². The van der Waals surface area contributed by atoms with Gasteiger partial charge in [-0.3, -0.25) is 0 Å². The van der Waals surface area contributed by atoms with Gasteiger partial charge in [0.15, 0.2) is 0 Å². The van der Waals surface area contributed by atoms with Gasteiger partial charge in [0.25, 0.3) is 0 Å². The van der Waals surface area contributed by atoms with Gasteiger partial charge in [-0.25, -0.2) is 8.78 Å². The summed E-state index contributed by atoms with van der Waals surface area (Å²) in [7, 11) is 1.70. The minimum atomic E-state index is -0.523. The van der Waals surface area contributed by atoms with Crippen LogP contribution in [-0.2, 0) is 0 Å². The van der Waals surface area contributed by atoms with Crippen LogP contribution in [0.3, 0.4) is 0 Å². The molecular formula is C14H14BrF2NS. The van der Waals surface area contributed by atoms with Crippen LogP contribution in [-0.4, -0.2) is 7.05 Å². The van der Waals surface area contributed by atoms with E-state index in [1.54, 1.807) is 14.0 Å². The lowest BCUT2D eigenvalue weighted by molar-refractivity contribution is 0.520. The number of benzene rings is 1. The van der Waals surface area contributed by atoms with E-state index >= 15 is 0 Å². The molecule has 2 aromatic rings. The van der Waals surface area contributed by atoms with E-state index in [1.165, 1.54) is 23.5 Å². The molecule has 0 radical (unpaired) electrons. The fourth-order valence-corrected chi connectivity index (χ4v) is 3.69. The van der Waals surface area contributed by atoms with E-state index in [0.29, 0.717) is 5.56 Å². The van der Waals surface area contributed by atoms with E-state index in [4.69, 9.17) is 0 Å². The van der Waals surface area contributed by atoms with Gasteiger partial charge in [0.1, 0.15) is 11.6 Å². The third-order valence-electron chi connectivity index (χ3n) is 3.06. The third-order valence-corrected chi connectivity index (χ3v) is 5.26. The van der Waals surface area contributed by atoms with E-state index in [2.05, 4.69) is 21.2 Å². The largest absolute Gasteiger partial charge is 0.308 e. The van der Waals surface area contributed by atoms with Crippen molar-refractivity contribution >= 4 is 27.3 Å². The zero-order chi connectivity index (χ0) is 14.2. The summed E-state index contributed by atoms with van der Waals surface area (Å²) in [4.78, 5) is 0.885. The Labute approximate surface area is 123 Å². The number of thiophene rings is 1. The van der Waals surface area contributed by atoms with E-state index in [9.17, 15) is 8.78 Å². The first-order chi connectivity index (χ1) is 8.95. The van der Waals surface area contributed by atoms with Crippen molar-refractivity contribution in [1.29, 1.82) is 0 Å². The van der Waals surface area contributed by atoms with Gasteiger partial charge in [0.05, 0.1) is 9.83 Å². The zero-order valence-electron chi connectivity index (χ0n) is 10.9. The fraction of sp³-hybridized carbons (Fsp3) is 0.286. The zero-order valence-corrected chi connectivity index (χ0v) is 13.3. The van der Waals surface area contributed by atoms with Crippen molar-refractivity contribution in [2.75, 3.05) is 7.05 Å². The molecule has 1 aromatic heterocycles. The molecule has 0 saturated carbocycles. The van der Waals surface area contributed by atoms with Crippen molar-refractivity contribution in [3.05, 3.63) is 55.2 Å². The molecule has 0 aliphatic heterocycles. The Hall–Kier alpha value is -0.780. The molecule has 1 heterocycles. The second-order valence-corrected chi connectivity index (χ2v) is 6.82. The molecule has 2 rings (SSSR count). The molecule has 5 heteroatoms. The fourth-order valence-electron chi connectivity index (χ4n) is 2.00. The highest BCUT2D eigenvalue weighted by Crippen LogP contribution is 2.36. The Kier molecular flexibility index (Phi) is 4.38. The molecular weight excluding hydrogens is 332 g/mol. The molecule has 1 unspecified atom stereocenters. The summed E-state index contributed by atoms with van der Waals surface area (Å²) in [5.74, 6) is -1.01.